The van der Waals surface area contributed by atoms with Crippen LogP contribution in [0.25, 0.3) is 0 Å². The van der Waals surface area contributed by atoms with Gasteiger partial charge < -0.3 is 20.3 Å². The van der Waals surface area contributed by atoms with Gasteiger partial charge >= 0.3 is 0 Å². The molecule has 2 N–H and O–H groups in total. The number of hydrogen-bond acceptors (Lipinski definition) is 4. The van der Waals surface area contributed by atoms with Crippen LogP contribution in [-0.4, -0.2) is 50.1 Å². The van der Waals surface area contributed by atoms with E-state index in [0.717, 1.165) is 12.1 Å². The first-order valence-electron chi connectivity index (χ1n) is 7.69. The largest absolute Gasteiger partial charge is 0.494 e. The topological polar surface area (TPSA) is 58.8 Å². The van der Waals surface area contributed by atoms with E-state index in [1.165, 1.54) is 19.2 Å². The van der Waals surface area contributed by atoms with Crippen molar-refractivity contribution < 1.29 is 13.9 Å². The van der Waals surface area contributed by atoms with Crippen LogP contribution in [0.3, 0.4) is 0 Å². The van der Waals surface area contributed by atoms with Gasteiger partial charge in [0.15, 0.2) is 0 Å². The Bertz CT molecular complexity index is 522. The molecule has 1 aliphatic rings. The van der Waals surface area contributed by atoms with Crippen molar-refractivity contribution in [2.24, 2.45) is 5.73 Å². The highest BCUT2D eigenvalue weighted by Crippen LogP contribution is 2.29. The molecule has 1 heterocycles. The predicted molar refractivity (Wildman–Crippen MR) is 91.9 cm³/mol. The summed E-state index contributed by atoms with van der Waals surface area (Å²) in [6.07, 6.45) is 1.62. The van der Waals surface area contributed by atoms with Gasteiger partial charge in [-0.2, -0.15) is 0 Å². The van der Waals surface area contributed by atoms with E-state index in [1.54, 1.807) is 6.07 Å². The van der Waals surface area contributed by atoms with Gasteiger partial charge in [-0.1, -0.05) is 13.3 Å². The standard InChI is InChI=1S/C16H24FN3O2.ClH/c1-3-4-13(18)16(21)20-9-7-19(8-10-20)14-6-5-12(17)11-15(14)22-2;/h5-6,11,13H,3-4,7-10,18H2,1-2H3;1H. The van der Waals surface area contributed by atoms with E-state index < -0.39 is 6.04 Å². The Morgan fingerprint density at radius 2 is 2.00 bits per heavy atom. The zero-order chi connectivity index (χ0) is 16.1. The van der Waals surface area contributed by atoms with Gasteiger partial charge in [0.1, 0.15) is 11.6 Å². The Morgan fingerprint density at radius 1 is 1.35 bits per heavy atom. The summed E-state index contributed by atoms with van der Waals surface area (Å²) in [7, 11) is 1.53. The number of ether oxygens (including phenoxy) is 1. The minimum atomic E-state index is -0.406. The Labute approximate surface area is 143 Å². The fourth-order valence-corrected chi connectivity index (χ4v) is 2.75. The number of anilines is 1. The van der Waals surface area contributed by atoms with Crippen molar-refractivity contribution in [2.75, 3.05) is 38.2 Å². The molecule has 0 spiro atoms. The van der Waals surface area contributed by atoms with E-state index in [2.05, 4.69) is 4.90 Å². The molecule has 1 atom stereocenters. The second-order valence-electron chi connectivity index (χ2n) is 5.52. The number of nitrogens with zero attached hydrogens (tertiary/aromatic N) is 2. The van der Waals surface area contributed by atoms with Gasteiger partial charge in [-0.05, 0) is 18.6 Å². The van der Waals surface area contributed by atoms with Crippen molar-refractivity contribution in [3.8, 4) is 5.75 Å². The molecule has 0 aromatic heterocycles. The third-order valence-electron chi connectivity index (χ3n) is 3.99. The first-order valence-corrected chi connectivity index (χ1v) is 7.69. The lowest BCUT2D eigenvalue weighted by molar-refractivity contribution is -0.133. The average molecular weight is 346 g/mol. The second-order valence-corrected chi connectivity index (χ2v) is 5.52. The number of halogens is 2. The molecule has 1 aromatic rings. The Balaban J connectivity index is 0.00000264. The molecule has 1 unspecified atom stereocenters. The molecule has 1 aliphatic heterocycles. The predicted octanol–water partition coefficient (Wildman–Crippen LogP) is 2.03. The summed E-state index contributed by atoms with van der Waals surface area (Å²) in [4.78, 5) is 16.1. The maximum absolute atomic E-state index is 13.3. The van der Waals surface area contributed by atoms with Crippen LogP contribution in [0.1, 0.15) is 19.8 Å². The quantitative estimate of drug-likeness (QED) is 0.887. The van der Waals surface area contributed by atoms with Crippen molar-refractivity contribution in [1.82, 2.24) is 4.90 Å². The maximum atomic E-state index is 13.3. The SMILES string of the molecule is CCCC(N)C(=O)N1CCN(c2ccc(F)cc2OC)CC1.Cl. The van der Waals surface area contributed by atoms with Crippen LogP contribution >= 0.6 is 12.4 Å². The molecule has 0 saturated carbocycles. The minimum Gasteiger partial charge on any atom is -0.494 e. The number of methoxy groups -OCH3 is 1. The van der Waals surface area contributed by atoms with Gasteiger partial charge in [-0.25, -0.2) is 4.39 Å². The smallest absolute Gasteiger partial charge is 0.239 e. The molecule has 5 nitrogen and oxygen atoms in total. The molecule has 0 bridgehead atoms. The van der Waals surface area contributed by atoms with Crippen LogP contribution in [0.4, 0.5) is 10.1 Å². The monoisotopic (exact) mass is 345 g/mol. The van der Waals surface area contributed by atoms with E-state index in [1.807, 2.05) is 11.8 Å². The molecular formula is C16H25ClFN3O2. The normalized spacial score (nSPS) is 15.8. The van der Waals surface area contributed by atoms with Crippen LogP contribution < -0.4 is 15.4 Å². The summed E-state index contributed by atoms with van der Waals surface area (Å²) in [5.41, 5.74) is 6.76. The van der Waals surface area contributed by atoms with Crippen molar-refractivity contribution in [2.45, 2.75) is 25.8 Å². The number of piperazine rings is 1. The summed E-state index contributed by atoms with van der Waals surface area (Å²) in [6, 6.07) is 4.11. The number of amides is 1. The van der Waals surface area contributed by atoms with Crippen LogP contribution in [0.15, 0.2) is 18.2 Å². The second kappa shape index (κ2) is 8.93. The van der Waals surface area contributed by atoms with Gasteiger partial charge in [0.25, 0.3) is 0 Å². The summed E-state index contributed by atoms with van der Waals surface area (Å²) in [5.74, 6) is 0.218. The van der Waals surface area contributed by atoms with Crippen molar-refractivity contribution in [3.05, 3.63) is 24.0 Å². The lowest BCUT2D eigenvalue weighted by Gasteiger charge is -2.37. The summed E-state index contributed by atoms with van der Waals surface area (Å²) in [6.45, 7) is 4.64. The fourth-order valence-electron chi connectivity index (χ4n) is 2.75. The zero-order valence-corrected chi connectivity index (χ0v) is 14.4. The Morgan fingerprint density at radius 3 is 2.57 bits per heavy atom. The number of carbonyl (C=O) groups excluding carboxylic acids is 1. The number of rotatable bonds is 5. The molecule has 1 amide bonds. The summed E-state index contributed by atoms with van der Waals surface area (Å²) in [5, 5.41) is 0. The number of nitrogens with two attached hydrogens (primary N) is 1. The van der Waals surface area contributed by atoms with E-state index in [9.17, 15) is 9.18 Å². The van der Waals surface area contributed by atoms with E-state index in [4.69, 9.17) is 10.5 Å². The van der Waals surface area contributed by atoms with Crippen LogP contribution in [0.2, 0.25) is 0 Å². The first kappa shape index (κ1) is 19.5. The van der Waals surface area contributed by atoms with Crippen molar-refractivity contribution in [3.63, 3.8) is 0 Å². The zero-order valence-electron chi connectivity index (χ0n) is 13.6. The molecule has 7 heteroatoms. The van der Waals surface area contributed by atoms with E-state index in [-0.39, 0.29) is 24.1 Å². The summed E-state index contributed by atoms with van der Waals surface area (Å²) >= 11 is 0. The number of hydrogen-bond donors (Lipinski definition) is 1. The van der Waals surface area contributed by atoms with E-state index >= 15 is 0 Å². The molecule has 23 heavy (non-hydrogen) atoms. The van der Waals surface area contributed by atoms with Gasteiger partial charge in [-0.3, -0.25) is 4.79 Å². The molecule has 1 fully saturated rings. The maximum Gasteiger partial charge on any atom is 0.239 e. The molecule has 1 saturated heterocycles. The minimum absolute atomic E-state index is 0. The molecule has 1 aromatic carbocycles. The van der Waals surface area contributed by atoms with Gasteiger partial charge in [0, 0.05) is 32.2 Å². The highest BCUT2D eigenvalue weighted by molar-refractivity contribution is 5.85. The third kappa shape index (κ3) is 4.72. The van der Waals surface area contributed by atoms with Crippen LogP contribution in [0, 0.1) is 5.82 Å². The lowest BCUT2D eigenvalue weighted by Crippen LogP contribution is -2.53. The molecule has 130 valence electrons. The Hall–Kier alpha value is -1.53. The van der Waals surface area contributed by atoms with Crippen molar-refractivity contribution >= 4 is 24.0 Å². The van der Waals surface area contributed by atoms with Gasteiger partial charge in [-0.15, -0.1) is 12.4 Å². The van der Waals surface area contributed by atoms with Crippen molar-refractivity contribution in [1.29, 1.82) is 0 Å². The molecule has 0 radical (unpaired) electrons. The fraction of sp³-hybridized carbons (Fsp3) is 0.562. The molecule has 0 aliphatic carbocycles. The summed E-state index contributed by atoms with van der Waals surface area (Å²) < 4.78 is 18.5. The first-order chi connectivity index (χ1) is 10.6. The van der Waals surface area contributed by atoms with Gasteiger partial charge in [0.05, 0.1) is 18.8 Å². The third-order valence-corrected chi connectivity index (χ3v) is 3.99. The number of benzene rings is 1. The molecular weight excluding hydrogens is 321 g/mol. The highest BCUT2D eigenvalue weighted by Gasteiger charge is 2.26. The molecule has 2 rings (SSSR count). The number of carbonyl (C=O) groups is 1. The Kier molecular flexibility index (Phi) is 7.58. The van der Waals surface area contributed by atoms with Crippen LogP contribution in [0.5, 0.6) is 5.75 Å². The van der Waals surface area contributed by atoms with Gasteiger partial charge in [0.2, 0.25) is 5.91 Å². The highest BCUT2D eigenvalue weighted by atomic mass is 35.5. The lowest BCUT2D eigenvalue weighted by atomic mass is 10.1. The average Bonchev–Trinajstić information content (AvgIpc) is 2.54. The van der Waals surface area contributed by atoms with Crippen LogP contribution in [-0.2, 0) is 4.79 Å². The van der Waals surface area contributed by atoms with E-state index in [0.29, 0.717) is 38.3 Å².